The molecule has 1 aliphatic rings. The number of sulfonamides is 1. The predicted molar refractivity (Wildman–Crippen MR) is 130 cm³/mol. The molecule has 34 heavy (non-hydrogen) atoms. The average molecular weight is 496 g/mol. The number of carbonyl (C=O) groups is 1. The van der Waals surface area contributed by atoms with Crippen molar-refractivity contribution in [3.05, 3.63) is 71.5 Å². The second-order valence-electron chi connectivity index (χ2n) is 8.03. The SMILES string of the molecule is Cc1ccc(-n2ccnc2SCC(=O)N2CCN(S(=O)(=O)c3ccccc3C#N)CC2)cc1C. The first-order valence-electron chi connectivity index (χ1n) is 10.8. The smallest absolute Gasteiger partial charge is 0.244 e. The summed E-state index contributed by atoms with van der Waals surface area (Å²) in [5.74, 6) is 0.153. The van der Waals surface area contributed by atoms with Gasteiger partial charge in [0.05, 0.1) is 16.2 Å². The minimum atomic E-state index is -3.79. The van der Waals surface area contributed by atoms with E-state index in [1.54, 1.807) is 23.2 Å². The van der Waals surface area contributed by atoms with Gasteiger partial charge in [0.1, 0.15) is 6.07 Å². The van der Waals surface area contributed by atoms with Crippen LogP contribution in [-0.4, -0.2) is 65.0 Å². The molecular weight excluding hydrogens is 470 g/mol. The van der Waals surface area contributed by atoms with Crippen molar-refractivity contribution in [2.24, 2.45) is 0 Å². The first-order chi connectivity index (χ1) is 16.3. The average Bonchev–Trinajstić information content (AvgIpc) is 3.33. The van der Waals surface area contributed by atoms with Crippen LogP contribution in [0.4, 0.5) is 0 Å². The number of aryl methyl sites for hydroxylation is 2. The lowest BCUT2D eigenvalue weighted by molar-refractivity contribution is -0.129. The number of aromatic nitrogens is 2. The number of imidazole rings is 1. The Balaban J connectivity index is 1.37. The fourth-order valence-electron chi connectivity index (χ4n) is 3.79. The second kappa shape index (κ2) is 10.0. The Hall–Kier alpha value is -3.13. The van der Waals surface area contributed by atoms with Gasteiger partial charge >= 0.3 is 0 Å². The van der Waals surface area contributed by atoms with Crippen LogP contribution in [0.5, 0.6) is 0 Å². The maximum absolute atomic E-state index is 13.0. The normalized spacial score (nSPS) is 14.7. The number of benzene rings is 2. The van der Waals surface area contributed by atoms with Crippen molar-refractivity contribution in [3.63, 3.8) is 0 Å². The Morgan fingerprint density at radius 1 is 1.09 bits per heavy atom. The lowest BCUT2D eigenvalue weighted by Gasteiger charge is -2.34. The first kappa shape index (κ1) is 24.0. The molecule has 2 aromatic carbocycles. The summed E-state index contributed by atoms with van der Waals surface area (Å²) in [6.07, 6.45) is 3.59. The summed E-state index contributed by atoms with van der Waals surface area (Å²) in [5, 5.41) is 9.98. The first-order valence-corrected chi connectivity index (χ1v) is 13.2. The highest BCUT2D eigenvalue weighted by molar-refractivity contribution is 7.99. The summed E-state index contributed by atoms with van der Waals surface area (Å²) >= 11 is 1.36. The third-order valence-electron chi connectivity index (χ3n) is 5.92. The van der Waals surface area contributed by atoms with Crippen molar-refractivity contribution in [1.82, 2.24) is 18.8 Å². The standard InChI is InChI=1S/C24H25N5O3S2/c1-18-7-8-21(15-19(18)2)29-10-9-26-24(29)33-17-23(30)27-11-13-28(14-12-27)34(31,32)22-6-4-3-5-20(22)16-25/h3-10,15H,11-14,17H2,1-2H3. The molecule has 2 heterocycles. The summed E-state index contributed by atoms with van der Waals surface area (Å²) in [6, 6.07) is 14.3. The Morgan fingerprint density at radius 2 is 1.82 bits per heavy atom. The number of carbonyl (C=O) groups excluding carboxylic acids is 1. The molecule has 0 N–H and O–H groups in total. The van der Waals surface area contributed by atoms with Gasteiger partial charge in [0.2, 0.25) is 15.9 Å². The number of thioether (sulfide) groups is 1. The van der Waals surface area contributed by atoms with E-state index in [1.165, 1.54) is 39.3 Å². The van der Waals surface area contributed by atoms with Crippen LogP contribution in [0.25, 0.3) is 5.69 Å². The van der Waals surface area contributed by atoms with E-state index in [-0.39, 0.29) is 35.2 Å². The molecule has 0 radical (unpaired) electrons. The van der Waals surface area contributed by atoms with Gasteiger partial charge in [-0.2, -0.15) is 9.57 Å². The number of nitriles is 1. The van der Waals surface area contributed by atoms with Crippen LogP contribution in [0.2, 0.25) is 0 Å². The van der Waals surface area contributed by atoms with Crippen LogP contribution in [0.3, 0.4) is 0 Å². The van der Waals surface area contributed by atoms with E-state index in [0.717, 1.165) is 10.8 Å². The minimum absolute atomic E-state index is 0.00557. The van der Waals surface area contributed by atoms with Crippen molar-refractivity contribution in [2.45, 2.75) is 23.9 Å². The van der Waals surface area contributed by atoms with Gasteiger partial charge in [-0.25, -0.2) is 13.4 Å². The quantitative estimate of drug-likeness (QED) is 0.488. The van der Waals surface area contributed by atoms with Crippen molar-refractivity contribution in [2.75, 3.05) is 31.9 Å². The van der Waals surface area contributed by atoms with E-state index in [9.17, 15) is 18.5 Å². The minimum Gasteiger partial charge on any atom is -0.339 e. The fraction of sp³-hybridized carbons (Fsp3) is 0.292. The summed E-state index contributed by atoms with van der Waals surface area (Å²) in [6.45, 7) is 5.11. The molecule has 0 bridgehead atoms. The molecule has 1 saturated heterocycles. The Labute approximate surface area is 203 Å². The molecule has 8 nitrogen and oxygen atoms in total. The molecule has 1 aromatic heterocycles. The Kier molecular flexibility index (Phi) is 7.07. The van der Waals surface area contributed by atoms with E-state index in [1.807, 2.05) is 22.9 Å². The van der Waals surface area contributed by atoms with Gasteiger partial charge in [0.25, 0.3) is 0 Å². The number of rotatable bonds is 6. The number of hydrogen-bond donors (Lipinski definition) is 0. The van der Waals surface area contributed by atoms with Crippen molar-refractivity contribution in [1.29, 1.82) is 5.26 Å². The highest BCUT2D eigenvalue weighted by Gasteiger charge is 2.31. The van der Waals surface area contributed by atoms with Gasteiger partial charge in [0, 0.05) is 44.3 Å². The number of amides is 1. The van der Waals surface area contributed by atoms with Gasteiger partial charge in [0.15, 0.2) is 5.16 Å². The van der Waals surface area contributed by atoms with E-state index < -0.39 is 10.0 Å². The number of hydrogen-bond acceptors (Lipinski definition) is 6. The van der Waals surface area contributed by atoms with Crippen molar-refractivity contribution < 1.29 is 13.2 Å². The molecule has 176 valence electrons. The highest BCUT2D eigenvalue weighted by Crippen LogP contribution is 2.24. The number of nitrogens with zero attached hydrogens (tertiary/aromatic N) is 5. The van der Waals surface area contributed by atoms with Crippen LogP contribution in [-0.2, 0) is 14.8 Å². The lowest BCUT2D eigenvalue weighted by Crippen LogP contribution is -2.51. The van der Waals surface area contributed by atoms with Crippen LogP contribution < -0.4 is 0 Å². The van der Waals surface area contributed by atoms with E-state index in [4.69, 9.17) is 0 Å². The number of piperazine rings is 1. The van der Waals surface area contributed by atoms with E-state index in [2.05, 4.69) is 31.0 Å². The Morgan fingerprint density at radius 3 is 2.53 bits per heavy atom. The van der Waals surface area contributed by atoms with Crippen LogP contribution >= 0.6 is 11.8 Å². The molecule has 10 heteroatoms. The predicted octanol–water partition coefficient (Wildman–Crippen LogP) is 2.99. The summed E-state index contributed by atoms with van der Waals surface area (Å²) in [5.41, 5.74) is 3.51. The van der Waals surface area contributed by atoms with Gasteiger partial charge in [-0.05, 0) is 49.2 Å². The third-order valence-corrected chi connectivity index (χ3v) is 8.83. The van der Waals surface area contributed by atoms with Gasteiger partial charge in [-0.1, -0.05) is 30.0 Å². The van der Waals surface area contributed by atoms with E-state index >= 15 is 0 Å². The van der Waals surface area contributed by atoms with Crippen LogP contribution in [0.15, 0.2) is 64.9 Å². The largest absolute Gasteiger partial charge is 0.339 e. The molecule has 0 spiro atoms. The monoisotopic (exact) mass is 495 g/mol. The molecule has 1 fully saturated rings. The molecule has 0 atom stereocenters. The lowest BCUT2D eigenvalue weighted by atomic mass is 10.1. The molecular formula is C24H25N5O3S2. The Bertz CT molecular complexity index is 1350. The van der Waals surface area contributed by atoms with Crippen molar-refractivity contribution >= 4 is 27.7 Å². The van der Waals surface area contributed by atoms with Gasteiger partial charge < -0.3 is 4.90 Å². The molecule has 1 amide bonds. The summed E-state index contributed by atoms with van der Waals surface area (Å²) in [7, 11) is -3.79. The van der Waals surface area contributed by atoms with Gasteiger partial charge in [-0.3, -0.25) is 9.36 Å². The van der Waals surface area contributed by atoms with Gasteiger partial charge in [-0.15, -0.1) is 0 Å². The van der Waals surface area contributed by atoms with Crippen LogP contribution in [0.1, 0.15) is 16.7 Å². The van der Waals surface area contributed by atoms with Crippen molar-refractivity contribution in [3.8, 4) is 11.8 Å². The maximum Gasteiger partial charge on any atom is 0.244 e. The van der Waals surface area contributed by atoms with E-state index in [0.29, 0.717) is 13.1 Å². The third kappa shape index (κ3) is 4.87. The molecule has 0 aliphatic carbocycles. The molecule has 4 rings (SSSR count). The maximum atomic E-state index is 13.0. The molecule has 0 unspecified atom stereocenters. The summed E-state index contributed by atoms with van der Waals surface area (Å²) in [4.78, 5) is 18.9. The zero-order valence-corrected chi connectivity index (χ0v) is 20.6. The molecule has 0 saturated carbocycles. The molecule has 3 aromatic rings. The zero-order valence-electron chi connectivity index (χ0n) is 19.0. The molecule has 1 aliphatic heterocycles. The topological polar surface area (TPSA) is 99.3 Å². The second-order valence-corrected chi connectivity index (χ2v) is 10.9. The zero-order chi connectivity index (χ0) is 24.3. The van der Waals surface area contributed by atoms with Crippen LogP contribution in [0, 0.1) is 25.2 Å². The highest BCUT2D eigenvalue weighted by atomic mass is 32.2. The fourth-order valence-corrected chi connectivity index (χ4v) is 6.23. The summed E-state index contributed by atoms with van der Waals surface area (Å²) < 4.78 is 29.3.